The Morgan fingerprint density at radius 1 is 1.44 bits per heavy atom. The van der Waals surface area contributed by atoms with Crippen LogP contribution in [0.1, 0.15) is 42.4 Å². The largest absolute Gasteiger partial charge is 0.476 e. The van der Waals surface area contributed by atoms with Crippen LogP contribution in [0.2, 0.25) is 10.0 Å². The first-order valence-electron chi connectivity index (χ1n) is 5.14. The molecule has 16 heavy (non-hydrogen) atoms. The van der Waals surface area contributed by atoms with Gasteiger partial charge in [-0.2, -0.15) is 0 Å². The van der Waals surface area contributed by atoms with Crippen molar-refractivity contribution in [3.05, 3.63) is 27.5 Å². The van der Waals surface area contributed by atoms with E-state index in [1.54, 1.807) is 6.07 Å². The van der Waals surface area contributed by atoms with Crippen LogP contribution >= 0.6 is 23.2 Å². The van der Waals surface area contributed by atoms with Crippen molar-refractivity contribution in [2.45, 2.75) is 32.6 Å². The second kappa shape index (κ2) is 6.06. The van der Waals surface area contributed by atoms with E-state index < -0.39 is 5.97 Å². The highest BCUT2D eigenvalue weighted by atomic mass is 35.5. The second-order valence-electron chi connectivity index (χ2n) is 3.52. The van der Waals surface area contributed by atoms with E-state index in [-0.39, 0.29) is 15.7 Å². The van der Waals surface area contributed by atoms with Crippen molar-refractivity contribution in [2.24, 2.45) is 0 Å². The summed E-state index contributed by atoms with van der Waals surface area (Å²) in [5, 5.41) is 9.14. The summed E-state index contributed by atoms with van der Waals surface area (Å²) in [6.45, 7) is 2.10. The first kappa shape index (κ1) is 13.3. The molecular weight excluding hydrogens is 249 g/mol. The van der Waals surface area contributed by atoms with E-state index in [4.69, 9.17) is 28.3 Å². The number of nitrogens with zero attached hydrogens (tertiary/aromatic N) is 1. The lowest BCUT2D eigenvalue weighted by molar-refractivity contribution is 0.0690. The van der Waals surface area contributed by atoms with Crippen LogP contribution < -0.4 is 0 Å². The topological polar surface area (TPSA) is 50.2 Å². The second-order valence-corrected chi connectivity index (χ2v) is 4.31. The fourth-order valence-corrected chi connectivity index (χ4v) is 1.77. The molecule has 1 aromatic heterocycles. The van der Waals surface area contributed by atoms with Crippen LogP contribution in [0, 0.1) is 0 Å². The molecule has 0 aliphatic heterocycles. The summed E-state index contributed by atoms with van der Waals surface area (Å²) in [6.07, 6.45) is 3.89. The zero-order valence-corrected chi connectivity index (χ0v) is 10.5. The number of hydrogen-bond acceptors (Lipinski definition) is 2. The molecule has 0 bridgehead atoms. The number of pyridine rings is 1. The molecule has 5 heteroatoms. The molecule has 1 rings (SSSR count). The number of rotatable bonds is 5. The van der Waals surface area contributed by atoms with Gasteiger partial charge in [-0.25, -0.2) is 9.78 Å². The molecule has 0 aromatic carbocycles. The van der Waals surface area contributed by atoms with Crippen LogP contribution in [0.5, 0.6) is 0 Å². The molecule has 1 aromatic rings. The van der Waals surface area contributed by atoms with Crippen molar-refractivity contribution < 1.29 is 9.90 Å². The van der Waals surface area contributed by atoms with E-state index in [1.165, 1.54) is 0 Å². The number of aromatic carboxylic acids is 1. The molecule has 0 radical (unpaired) electrons. The number of carbonyl (C=O) groups is 1. The molecule has 0 aliphatic carbocycles. The van der Waals surface area contributed by atoms with Gasteiger partial charge in [-0.1, -0.05) is 43.0 Å². The lowest BCUT2D eigenvalue weighted by Gasteiger charge is -2.05. The predicted octanol–water partition coefficient (Wildman–Crippen LogP) is 3.82. The lowest BCUT2D eigenvalue weighted by atomic mass is 10.1. The number of carboxylic acids is 1. The van der Waals surface area contributed by atoms with E-state index in [2.05, 4.69) is 11.9 Å². The molecule has 0 unspecified atom stereocenters. The van der Waals surface area contributed by atoms with E-state index in [9.17, 15) is 4.79 Å². The maximum Gasteiger partial charge on any atom is 0.356 e. The molecule has 1 heterocycles. The zero-order valence-electron chi connectivity index (χ0n) is 8.96. The number of unbranched alkanes of at least 4 members (excludes halogenated alkanes) is 2. The van der Waals surface area contributed by atoms with Gasteiger partial charge in [-0.05, 0) is 18.9 Å². The Morgan fingerprint density at radius 3 is 2.69 bits per heavy atom. The molecule has 3 nitrogen and oxygen atoms in total. The number of aryl methyl sites for hydroxylation is 1. The SMILES string of the molecule is CCCCCc1cc(Cl)c(Cl)c(C(=O)O)n1. The maximum absolute atomic E-state index is 10.9. The Morgan fingerprint density at radius 2 is 2.12 bits per heavy atom. The third kappa shape index (κ3) is 3.35. The molecule has 0 atom stereocenters. The Bertz CT molecular complexity index is 394. The van der Waals surface area contributed by atoms with Gasteiger partial charge in [-0.3, -0.25) is 0 Å². The normalized spacial score (nSPS) is 10.4. The summed E-state index contributed by atoms with van der Waals surface area (Å²) < 4.78 is 0. The fraction of sp³-hybridized carbons (Fsp3) is 0.455. The van der Waals surface area contributed by atoms with Crippen molar-refractivity contribution in [3.63, 3.8) is 0 Å². The summed E-state index contributed by atoms with van der Waals surface area (Å²) in [7, 11) is 0. The summed E-state index contributed by atoms with van der Waals surface area (Å²) in [5.74, 6) is -1.15. The molecule has 0 fully saturated rings. The van der Waals surface area contributed by atoms with Crippen molar-refractivity contribution >= 4 is 29.2 Å². The molecular formula is C11H13Cl2NO2. The third-order valence-electron chi connectivity index (χ3n) is 2.21. The Kier molecular flexibility index (Phi) is 5.03. The van der Waals surface area contributed by atoms with E-state index in [0.29, 0.717) is 5.69 Å². The average molecular weight is 262 g/mol. The Labute approximate surface area is 104 Å². The molecule has 1 N–H and O–H groups in total. The predicted molar refractivity (Wildman–Crippen MR) is 64.4 cm³/mol. The van der Waals surface area contributed by atoms with Gasteiger partial charge in [0.25, 0.3) is 0 Å². The van der Waals surface area contributed by atoms with Crippen molar-refractivity contribution in [3.8, 4) is 0 Å². The van der Waals surface area contributed by atoms with Crippen LogP contribution in [0.15, 0.2) is 6.07 Å². The monoisotopic (exact) mass is 261 g/mol. The van der Waals surface area contributed by atoms with Crippen LogP contribution in [0.25, 0.3) is 0 Å². The van der Waals surface area contributed by atoms with Crippen molar-refractivity contribution in [2.75, 3.05) is 0 Å². The van der Waals surface area contributed by atoms with E-state index in [0.717, 1.165) is 25.7 Å². The third-order valence-corrected chi connectivity index (χ3v) is 2.98. The zero-order chi connectivity index (χ0) is 12.1. The summed E-state index contributed by atoms with van der Waals surface area (Å²) in [6, 6.07) is 1.63. The maximum atomic E-state index is 10.9. The molecule has 88 valence electrons. The van der Waals surface area contributed by atoms with Gasteiger partial charge in [-0.15, -0.1) is 0 Å². The lowest BCUT2D eigenvalue weighted by Crippen LogP contribution is -2.05. The van der Waals surface area contributed by atoms with Gasteiger partial charge in [0.1, 0.15) is 0 Å². The molecule has 0 amide bonds. The first-order valence-corrected chi connectivity index (χ1v) is 5.90. The summed E-state index contributed by atoms with van der Waals surface area (Å²) in [4.78, 5) is 14.8. The fourth-order valence-electron chi connectivity index (χ4n) is 1.37. The summed E-state index contributed by atoms with van der Waals surface area (Å²) >= 11 is 11.6. The van der Waals surface area contributed by atoms with Crippen LogP contribution in [-0.2, 0) is 6.42 Å². The number of halogens is 2. The van der Waals surface area contributed by atoms with Crippen molar-refractivity contribution in [1.82, 2.24) is 4.98 Å². The molecule has 0 saturated heterocycles. The van der Waals surface area contributed by atoms with Crippen molar-refractivity contribution in [1.29, 1.82) is 0 Å². The van der Waals surface area contributed by atoms with Gasteiger partial charge in [0, 0.05) is 5.69 Å². The number of aromatic nitrogens is 1. The quantitative estimate of drug-likeness (QED) is 0.820. The van der Waals surface area contributed by atoms with Crippen LogP contribution in [0.3, 0.4) is 0 Å². The molecule has 0 spiro atoms. The van der Waals surface area contributed by atoms with E-state index in [1.807, 2.05) is 0 Å². The minimum atomic E-state index is -1.15. The first-order chi connectivity index (χ1) is 7.56. The summed E-state index contributed by atoms with van der Waals surface area (Å²) in [5.41, 5.74) is 0.515. The Balaban J connectivity index is 2.91. The average Bonchev–Trinajstić information content (AvgIpc) is 2.23. The highest BCUT2D eigenvalue weighted by Crippen LogP contribution is 2.26. The van der Waals surface area contributed by atoms with Crippen LogP contribution in [-0.4, -0.2) is 16.1 Å². The Hall–Kier alpha value is -0.800. The molecule has 0 aliphatic rings. The smallest absolute Gasteiger partial charge is 0.356 e. The van der Waals surface area contributed by atoms with Gasteiger partial charge >= 0.3 is 5.97 Å². The van der Waals surface area contributed by atoms with Crippen LogP contribution in [0.4, 0.5) is 0 Å². The minimum Gasteiger partial charge on any atom is -0.476 e. The molecule has 0 saturated carbocycles. The number of carboxylic acid groups (broad SMARTS) is 1. The highest BCUT2D eigenvalue weighted by molar-refractivity contribution is 6.43. The van der Waals surface area contributed by atoms with Gasteiger partial charge in [0.2, 0.25) is 0 Å². The van der Waals surface area contributed by atoms with Gasteiger partial charge < -0.3 is 5.11 Å². The highest BCUT2D eigenvalue weighted by Gasteiger charge is 2.15. The standard InChI is InChI=1S/C11H13Cl2NO2/c1-2-3-4-5-7-6-8(12)9(13)10(14-7)11(15)16/h6H,2-5H2,1H3,(H,15,16). The van der Waals surface area contributed by atoms with Gasteiger partial charge in [0.05, 0.1) is 10.0 Å². The van der Waals surface area contributed by atoms with Gasteiger partial charge in [0.15, 0.2) is 5.69 Å². The van der Waals surface area contributed by atoms with E-state index >= 15 is 0 Å². The number of hydrogen-bond donors (Lipinski definition) is 1. The minimum absolute atomic E-state index is 0.00779.